The summed E-state index contributed by atoms with van der Waals surface area (Å²) in [6.45, 7) is 6.55. The van der Waals surface area contributed by atoms with Gasteiger partial charge in [-0.25, -0.2) is 22.9 Å². The highest BCUT2D eigenvalue weighted by Gasteiger charge is 2.36. The average Bonchev–Trinajstić information content (AvgIpc) is 2.91. The van der Waals surface area contributed by atoms with Gasteiger partial charge in [0.1, 0.15) is 22.9 Å². The van der Waals surface area contributed by atoms with Gasteiger partial charge >= 0.3 is 12.1 Å². The number of hydrogen-bond acceptors (Lipinski definition) is 7. The molecule has 0 radical (unpaired) electrons. The molecule has 1 fully saturated rings. The quantitative estimate of drug-likeness (QED) is 0.301. The van der Waals surface area contributed by atoms with Crippen LogP contribution >= 0.6 is 0 Å². The van der Waals surface area contributed by atoms with Crippen LogP contribution in [0.5, 0.6) is 0 Å². The molecule has 2 N–H and O–H groups in total. The maximum absolute atomic E-state index is 13.4. The lowest BCUT2D eigenvalue weighted by molar-refractivity contribution is -0.135. The third-order valence-corrected chi connectivity index (χ3v) is 8.99. The summed E-state index contributed by atoms with van der Waals surface area (Å²) in [6.07, 6.45) is 6.76. The number of carbonyl (C=O) groups is 2. The van der Waals surface area contributed by atoms with Crippen LogP contribution in [0.2, 0.25) is 0 Å². The largest absolute Gasteiger partial charge is 0.480 e. The first-order chi connectivity index (χ1) is 19.8. The number of carboxylic acid groups (broad SMARTS) is 1. The van der Waals surface area contributed by atoms with Crippen LogP contribution in [0.4, 0.5) is 10.6 Å². The number of amides is 1. The van der Waals surface area contributed by atoms with E-state index in [-0.39, 0.29) is 22.5 Å². The van der Waals surface area contributed by atoms with Gasteiger partial charge in [-0.1, -0.05) is 43.7 Å². The summed E-state index contributed by atoms with van der Waals surface area (Å²) in [6, 6.07) is 15.1. The fourth-order valence-corrected chi connectivity index (χ4v) is 6.30. The molecule has 10 nitrogen and oxygen atoms in total. The summed E-state index contributed by atoms with van der Waals surface area (Å²) in [7, 11) is -4.00. The molecule has 1 saturated carbocycles. The average molecular weight is 595 g/mol. The smallest absolute Gasteiger partial charge is 0.416 e. The lowest BCUT2D eigenvalue weighted by Crippen LogP contribution is -2.40. The molecular formula is C31H38N4O6S. The van der Waals surface area contributed by atoms with Gasteiger partial charge in [0.2, 0.25) is 10.0 Å². The summed E-state index contributed by atoms with van der Waals surface area (Å²) >= 11 is 0. The van der Waals surface area contributed by atoms with Crippen LogP contribution in [-0.4, -0.2) is 47.7 Å². The second kappa shape index (κ2) is 12.6. The number of anilines is 1. The molecule has 1 aliphatic rings. The Labute approximate surface area is 247 Å². The third-order valence-electron chi connectivity index (χ3n) is 7.53. The highest BCUT2D eigenvalue weighted by molar-refractivity contribution is 7.89. The number of benzene rings is 1. The molecule has 1 aliphatic carbocycles. The van der Waals surface area contributed by atoms with Crippen molar-refractivity contribution < 1.29 is 27.9 Å². The Morgan fingerprint density at radius 1 is 1.10 bits per heavy atom. The van der Waals surface area contributed by atoms with E-state index < -0.39 is 40.3 Å². The number of carboxylic acids is 1. The van der Waals surface area contributed by atoms with E-state index >= 15 is 0 Å². The van der Waals surface area contributed by atoms with Crippen molar-refractivity contribution >= 4 is 27.9 Å². The molecule has 1 aromatic carbocycles. The van der Waals surface area contributed by atoms with Crippen LogP contribution in [-0.2, 0) is 31.4 Å². The number of sulfonamides is 1. The van der Waals surface area contributed by atoms with E-state index in [1.807, 2.05) is 12.1 Å². The highest BCUT2D eigenvalue weighted by Crippen LogP contribution is 2.46. The zero-order valence-electron chi connectivity index (χ0n) is 24.4. The molecule has 2 heterocycles. The minimum atomic E-state index is -4.00. The number of aromatic nitrogens is 2. The molecule has 0 bridgehead atoms. The van der Waals surface area contributed by atoms with Gasteiger partial charge < -0.3 is 9.84 Å². The van der Waals surface area contributed by atoms with E-state index in [4.69, 9.17) is 4.74 Å². The normalized spacial score (nSPS) is 15.3. The molecule has 4 rings (SSSR count). The number of nitrogens with one attached hydrogen (secondary N) is 1. The van der Waals surface area contributed by atoms with Crippen molar-refractivity contribution in [2.24, 2.45) is 0 Å². The van der Waals surface area contributed by atoms with Crippen LogP contribution in [0.25, 0.3) is 0 Å². The molecule has 11 heteroatoms. The van der Waals surface area contributed by atoms with Crippen molar-refractivity contribution in [3.63, 3.8) is 0 Å². The Morgan fingerprint density at radius 3 is 2.36 bits per heavy atom. The van der Waals surface area contributed by atoms with Gasteiger partial charge in [-0.3, -0.25) is 14.7 Å². The van der Waals surface area contributed by atoms with Crippen molar-refractivity contribution in [3.8, 4) is 0 Å². The molecular weight excluding hydrogens is 556 g/mol. The predicted octanol–water partition coefficient (Wildman–Crippen LogP) is 5.40. The van der Waals surface area contributed by atoms with Crippen molar-refractivity contribution in [2.75, 3.05) is 11.4 Å². The number of aliphatic carboxylic acids is 1. The fraction of sp³-hybridized carbons (Fsp3) is 0.419. The summed E-state index contributed by atoms with van der Waals surface area (Å²) in [4.78, 5) is 34.0. The van der Waals surface area contributed by atoms with Gasteiger partial charge in [-0.05, 0) is 87.3 Å². The molecule has 0 saturated heterocycles. The van der Waals surface area contributed by atoms with Crippen LogP contribution in [0.1, 0.15) is 76.2 Å². The van der Waals surface area contributed by atoms with Gasteiger partial charge in [0.25, 0.3) is 0 Å². The monoisotopic (exact) mass is 594 g/mol. The van der Waals surface area contributed by atoms with E-state index in [2.05, 4.69) is 33.7 Å². The van der Waals surface area contributed by atoms with Gasteiger partial charge in [-0.15, -0.1) is 0 Å². The number of rotatable bonds is 11. The number of hydrogen-bond donors (Lipinski definition) is 2. The minimum absolute atomic E-state index is 0.00219. The number of carbonyl (C=O) groups excluding carboxylic acids is 1. The molecule has 0 spiro atoms. The molecule has 42 heavy (non-hydrogen) atoms. The van der Waals surface area contributed by atoms with Gasteiger partial charge in [-0.2, -0.15) is 0 Å². The van der Waals surface area contributed by atoms with Crippen molar-refractivity contribution in [1.82, 2.24) is 14.7 Å². The number of ether oxygens (including phenoxy) is 1. The Morgan fingerprint density at radius 2 is 1.81 bits per heavy atom. The maximum Gasteiger partial charge on any atom is 0.416 e. The highest BCUT2D eigenvalue weighted by atomic mass is 32.2. The first-order valence-electron chi connectivity index (χ1n) is 14.0. The standard InChI is InChI=1S/C31H38N4O6S/c1-5-31(16-8-17-31)23-14-12-22(13-15-23)19-26(34-42(39,40)24-9-7-18-32-20-24)25-10-6-11-27(33-25)35(21-28(36)37)29(38)41-30(2,3)4/h6-7,9-15,18,20,26,34H,5,8,16-17,19,21H2,1-4H3,(H,36,37). The molecule has 1 atom stereocenters. The Kier molecular flexibility index (Phi) is 9.32. The number of nitrogens with zero attached hydrogens (tertiary/aromatic N) is 3. The van der Waals surface area contributed by atoms with Gasteiger partial charge in [0, 0.05) is 12.4 Å². The summed E-state index contributed by atoms with van der Waals surface area (Å²) < 4.78 is 34.9. The lowest BCUT2D eigenvalue weighted by atomic mass is 9.63. The van der Waals surface area contributed by atoms with Gasteiger partial charge in [0.15, 0.2) is 0 Å². The molecule has 224 valence electrons. The molecule has 1 amide bonds. The molecule has 1 unspecified atom stereocenters. The Hall–Kier alpha value is -3.83. The maximum atomic E-state index is 13.4. The fourth-order valence-electron chi connectivity index (χ4n) is 5.12. The summed E-state index contributed by atoms with van der Waals surface area (Å²) in [5, 5.41) is 9.49. The Bertz CT molecular complexity index is 1490. The van der Waals surface area contributed by atoms with E-state index in [0.29, 0.717) is 5.69 Å². The van der Waals surface area contributed by atoms with Crippen molar-refractivity contribution in [1.29, 1.82) is 0 Å². The minimum Gasteiger partial charge on any atom is -0.480 e. The van der Waals surface area contributed by atoms with E-state index in [1.54, 1.807) is 32.9 Å². The lowest BCUT2D eigenvalue weighted by Gasteiger charge is -2.42. The first kappa shape index (κ1) is 31.1. The Balaban J connectivity index is 1.69. The van der Waals surface area contributed by atoms with Crippen LogP contribution in [0, 0.1) is 0 Å². The van der Waals surface area contributed by atoms with Crippen molar-refractivity contribution in [3.05, 3.63) is 83.8 Å². The van der Waals surface area contributed by atoms with Crippen LogP contribution in [0.15, 0.2) is 71.9 Å². The SMILES string of the molecule is CCC1(c2ccc(CC(NS(=O)(=O)c3cccnc3)c3cccc(N(CC(=O)O)C(=O)OC(C)(C)C)n3)cc2)CCC1. The van der Waals surface area contributed by atoms with E-state index in [0.717, 1.165) is 29.7 Å². The third kappa shape index (κ3) is 7.51. The second-order valence-electron chi connectivity index (χ2n) is 11.6. The van der Waals surface area contributed by atoms with E-state index in [1.165, 1.54) is 42.6 Å². The molecule has 3 aromatic rings. The van der Waals surface area contributed by atoms with Crippen LogP contribution < -0.4 is 9.62 Å². The zero-order valence-corrected chi connectivity index (χ0v) is 25.2. The van der Waals surface area contributed by atoms with Gasteiger partial charge in [0.05, 0.1) is 11.7 Å². The molecule has 2 aromatic heterocycles. The zero-order chi connectivity index (χ0) is 30.5. The van der Waals surface area contributed by atoms with Crippen molar-refractivity contribution in [2.45, 2.75) is 81.8 Å². The molecule has 0 aliphatic heterocycles. The summed E-state index contributed by atoms with van der Waals surface area (Å²) in [5.74, 6) is -1.22. The summed E-state index contributed by atoms with van der Waals surface area (Å²) in [5.41, 5.74) is 1.84. The van der Waals surface area contributed by atoms with Crippen LogP contribution in [0.3, 0.4) is 0 Å². The predicted molar refractivity (Wildman–Crippen MR) is 159 cm³/mol. The second-order valence-corrected chi connectivity index (χ2v) is 13.3. The number of pyridine rings is 2. The first-order valence-corrected chi connectivity index (χ1v) is 15.5. The topological polar surface area (TPSA) is 139 Å². The van der Waals surface area contributed by atoms with E-state index in [9.17, 15) is 23.1 Å².